The Morgan fingerprint density at radius 3 is 2.48 bits per heavy atom. The Balaban J connectivity index is 1.72. The molecule has 140 valence electrons. The predicted molar refractivity (Wildman–Crippen MR) is 106 cm³/mol. The molecule has 2 amide bonds. The maximum atomic E-state index is 13.2. The molecule has 3 aromatic rings. The summed E-state index contributed by atoms with van der Waals surface area (Å²) < 4.78 is 15.1. The largest absolute Gasteiger partial charge is 0.323 e. The van der Waals surface area contributed by atoms with E-state index in [1.54, 1.807) is 0 Å². The number of nitrogens with zero attached hydrogens (tertiary/aromatic N) is 2. The Kier molecular flexibility index (Phi) is 5.46. The number of amides is 2. The highest BCUT2D eigenvalue weighted by atomic mass is 35.5. The Morgan fingerprint density at radius 1 is 1.11 bits per heavy atom. The minimum absolute atomic E-state index is 0.0499. The third-order valence-electron chi connectivity index (χ3n) is 4.25. The second kappa shape index (κ2) is 7.80. The fourth-order valence-corrected chi connectivity index (χ4v) is 2.93. The van der Waals surface area contributed by atoms with Gasteiger partial charge in [0.25, 0.3) is 0 Å². The van der Waals surface area contributed by atoms with Gasteiger partial charge >= 0.3 is 6.03 Å². The van der Waals surface area contributed by atoms with E-state index in [1.807, 2.05) is 25.5 Å². The number of carbonyl (C=O) groups excluding carboxylic acids is 1. The van der Waals surface area contributed by atoms with E-state index < -0.39 is 11.8 Å². The van der Waals surface area contributed by atoms with Crippen LogP contribution in [-0.4, -0.2) is 15.8 Å². The van der Waals surface area contributed by atoms with Crippen LogP contribution in [0.4, 0.5) is 20.6 Å². The van der Waals surface area contributed by atoms with Gasteiger partial charge in [0, 0.05) is 5.69 Å². The van der Waals surface area contributed by atoms with Gasteiger partial charge in [-0.05, 0) is 44.5 Å². The van der Waals surface area contributed by atoms with Gasteiger partial charge in [0.2, 0.25) is 0 Å². The number of urea groups is 1. The zero-order chi connectivity index (χ0) is 19.6. The Morgan fingerprint density at radius 2 is 1.81 bits per heavy atom. The molecule has 2 aromatic carbocycles. The van der Waals surface area contributed by atoms with Gasteiger partial charge < -0.3 is 10.6 Å². The van der Waals surface area contributed by atoms with Crippen molar-refractivity contribution in [1.29, 1.82) is 0 Å². The molecule has 1 heterocycles. The number of halogens is 2. The van der Waals surface area contributed by atoms with Gasteiger partial charge in [0.05, 0.1) is 28.6 Å². The lowest BCUT2D eigenvalue weighted by Gasteiger charge is -2.09. The standard InChI is InChI=1S/C20H20ClFN4O/c1-12-4-6-15(7-5-12)11-26-14(3)19(13(2)25-26)24-20(27)23-16-8-9-18(22)17(21)10-16/h4-10H,11H2,1-3H3,(H2,23,24,27). The van der Waals surface area contributed by atoms with Crippen LogP contribution >= 0.6 is 11.6 Å². The van der Waals surface area contributed by atoms with Crippen LogP contribution in [0, 0.1) is 26.6 Å². The van der Waals surface area contributed by atoms with Gasteiger partial charge in [-0.2, -0.15) is 5.10 Å². The molecule has 0 radical (unpaired) electrons. The van der Waals surface area contributed by atoms with Crippen molar-refractivity contribution >= 4 is 29.0 Å². The van der Waals surface area contributed by atoms with Crippen molar-refractivity contribution < 1.29 is 9.18 Å². The third-order valence-corrected chi connectivity index (χ3v) is 4.54. The second-order valence-electron chi connectivity index (χ2n) is 6.40. The first-order valence-electron chi connectivity index (χ1n) is 8.46. The van der Waals surface area contributed by atoms with Crippen molar-refractivity contribution in [1.82, 2.24) is 9.78 Å². The summed E-state index contributed by atoms with van der Waals surface area (Å²) in [4.78, 5) is 12.3. The van der Waals surface area contributed by atoms with E-state index >= 15 is 0 Å². The number of carbonyl (C=O) groups is 1. The van der Waals surface area contributed by atoms with Gasteiger partial charge in [0.1, 0.15) is 5.82 Å². The fourth-order valence-electron chi connectivity index (χ4n) is 2.75. The summed E-state index contributed by atoms with van der Waals surface area (Å²) in [5.74, 6) is -0.535. The Labute approximate surface area is 162 Å². The molecule has 0 fully saturated rings. The van der Waals surface area contributed by atoms with Crippen LogP contribution in [0.1, 0.15) is 22.5 Å². The maximum absolute atomic E-state index is 13.2. The van der Waals surface area contributed by atoms with Gasteiger partial charge in [-0.3, -0.25) is 4.68 Å². The number of hydrogen-bond acceptors (Lipinski definition) is 2. The number of rotatable bonds is 4. The van der Waals surface area contributed by atoms with Crippen LogP contribution in [0.3, 0.4) is 0 Å². The van der Waals surface area contributed by atoms with Crippen LogP contribution in [-0.2, 0) is 6.54 Å². The average molecular weight is 387 g/mol. The van der Waals surface area contributed by atoms with E-state index in [9.17, 15) is 9.18 Å². The van der Waals surface area contributed by atoms with Crippen LogP contribution in [0.25, 0.3) is 0 Å². The number of benzene rings is 2. The van der Waals surface area contributed by atoms with Gasteiger partial charge in [-0.1, -0.05) is 41.4 Å². The summed E-state index contributed by atoms with van der Waals surface area (Å²) in [5.41, 5.74) is 4.94. The SMILES string of the molecule is Cc1ccc(Cn2nc(C)c(NC(=O)Nc3ccc(F)c(Cl)c3)c2C)cc1. The first-order valence-corrected chi connectivity index (χ1v) is 8.84. The Hall–Kier alpha value is -2.86. The van der Waals surface area contributed by atoms with Crippen molar-refractivity contribution in [2.75, 3.05) is 10.6 Å². The molecule has 1 aromatic heterocycles. The molecule has 0 unspecified atom stereocenters. The van der Waals surface area contributed by atoms with E-state index in [1.165, 1.54) is 23.8 Å². The summed E-state index contributed by atoms with van der Waals surface area (Å²) in [5, 5.41) is 9.91. The van der Waals surface area contributed by atoms with Gasteiger partial charge in [-0.25, -0.2) is 9.18 Å². The van der Waals surface area contributed by atoms with Crippen LogP contribution in [0.5, 0.6) is 0 Å². The summed E-state index contributed by atoms with van der Waals surface area (Å²) in [6.07, 6.45) is 0. The highest BCUT2D eigenvalue weighted by Gasteiger charge is 2.15. The molecule has 5 nitrogen and oxygen atoms in total. The highest BCUT2D eigenvalue weighted by molar-refractivity contribution is 6.31. The molecule has 27 heavy (non-hydrogen) atoms. The number of aryl methyl sites for hydroxylation is 2. The molecule has 0 atom stereocenters. The topological polar surface area (TPSA) is 59.0 Å². The molecule has 3 rings (SSSR count). The molecule has 0 aliphatic carbocycles. The monoisotopic (exact) mass is 386 g/mol. The smallest absolute Gasteiger partial charge is 0.308 e. The lowest BCUT2D eigenvalue weighted by molar-refractivity contribution is 0.262. The first kappa shape index (κ1) is 18.9. The molecule has 0 aliphatic rings. The molecule has 0 aliphatic heterocycles. The van der Waals surface area contributed by atoms with E-state index in [4.69, 9.17) is 11.6 Å². The molecular formula is C20H20ClFN4O. The van der Waals surface area contributed by atoms with Gasteiger partial charge in [-0.15, -0.1) is 0 Å². The Bertz CT molecular complexity index is 982. The molecule has 2 N–H and O–H groups in total. The van der Waals surface area contributed by atoms with Crippen LogP contribution in [0.2, 0.25) is 5.02 Å². The maximum Gasteiger partial charge on any atom is 0.323 e. The molecule has 0 spiro atoms. The van der Waals surface area contributed by atoms with E-state index in [2.05, 4.69) is 40.0 Å². The molecule has 0 saturated heterocycles. The van der Waals surface area contributed by atoms with Gasteiger partial charge in [0.15, 0.2) is 0 Å². The lowest BCUT2D eigenvalue weighted by atomic mass is 10.1. The van der Waals surface area contributed by atoms with E-state index in [0.717, 1.165) is 11.3 Å². The van der Waals surface area contributed by atoms with E-state index in [0.29, 0.717) is 23.6 Å². The number of aromatic nitrogens is 2. The summed E-state index contributed by atoms with van der Waals surface area (Å²) >= 11 is 5.74. The molecular weight excluding hydrogens is 367 g/mol. The quantitative estimate of drug-likeness (QED) is 0.639. The molecule has 0 bridgehead atoms. The minimum atomic E-state index is -0.535. The van der Waals surface area contributed by atoms with Crippen molar-refractivity contribution in [2.24, 2.45) is 0 Å². The van der Waals surface area contributed by atoms with Crippen LogP contribution in [0.15, 0.2) is 42.5 Å². The minimum Gasteiger partial charge on any atom is -0.308 e. The lowest BCUT2D eigenvalue weighted by Crippen LogP contribution is -2.20. The van der Waals surface area contributed by atoms with Crippen LogP contribution < -0.4 is 10.6 Å². The zero-order valence-corrected chi connectivity index (χ0v) is 16.1. The predicted octanol–water partition coefficient (Wildman–Crippen LogP) is 5.29. The summed E-state index contributed by atoms with van der Waals surface area (Å²) in [7, 11) is 0. The van der Waals surface area contributed by atoms with Crippen molar-refractivity contribution in [3.05, 3.63) is 75.8 Å². The fraction of sp³-hybridized carbons (Fsp3) is 0.200. The number of hydrogen-bond donors (Lipinski definition) is 2. The molecule has 0 saturated carbocycles. The summed E-state index contributed by atoms with van der Waals surface area (Å²) in [6, 6.07) is 11.8. The number of nitrogens with one attached hydrogen (secondary N) is 2. The number of anilines is 2. The van der Waals surface area contributed by atoms with Crippen molar-refractivity contribution in [3.8, 4) is 0 Å². The zero-order valence-electron chi connectivity index (χ0n) is 15.3. The third kappa shape index (κ3) is 4.46. The average Bonchev–Trinajstić information content (AvgIpc) is 2.87. The van der Waals surface area contributed by atoms with Crippen molar-refractivity contribution in [3.63, 3.8) is 0 Å². The normalized spacial score (nSPS) is 10.7. The molecule has 7 heteroatoms. The first-order chi connectivity index (χ1) is 12.8. The van der Waals surface area contributed by atoms with E-state index in [-0.39, 0.29) is 5.02 Å². The summed E-state index contributed by atoms with van der Waals surface area (Å²) in [6.45, 7) is 6.40. The second-order valence-corrected chi connectivity index (χ2v) is 6.80. The van der Waals surface area contributed by atoms with Crippen molar-refractivity contribution in [2.45, 2.75) is 27.3 Å². The highest BCUT2D eigenvalue weighted by Crippen LogP contribution is 2.22.